The lowest BCUT2D eigenvalue weighted by Crippen LogP contribution is -2.46. The van der Waals surface area contributed by atoms with Gasteiger partial charge in [-0.15, -0.1) is 11.3 Å². The van der Waals surface area contributed by atoms with Gasteiger partial charge in [-0.05, 0) is 42.5 Å². The monoisotopic (exact) mass is 372 g/mol. The highest BCUT2D eigenvalue weighted by atomic mass is 32.1. The minimum absolute atomic E-state index is 0.154. The Morgan fingerprint density at radius 3 is 2.92 bits per heavy atom. The maximum atomic E-state index is 14.1. The standard InChI is InChI=1S/C18H17FN4O2S/c1-10-4-6-23(10)18-21-16(13-5-7-26-17(13)22-18)20-12-3-2-11(8-15(24)25)14(19)9-12/h2-3,5,7,9-10H,4,6,8H2,1H3,(H,24,25)(H,20,21,22)/t10-/m0/s1. The van der Waals surface area contributed by atoms with Gasteiger partial charge in [-0.2, -0.15) is 4.98 Å². The Bertz CT molecular complexity index is 990. The van der Waals surface area contributed by atoms with E-state index >= 15 is 0 Å². The fraction of sp³-hybridized carbons (Fsp3) is 0.278. The van der Waals surface area contributed by atoms with Gasteiger partial charge < -0.3 is 15.3 Å². The van der Waals surface area contributed by atoms with Crippen molar-refractivity contribution in [1.82, 2.24) is 9.97 Å². The van der Waals surface area contributed by atoms with E-state index in [2.05, 4.69) is 27.1 Å². The summed E-state index contributed by atoms with van der Waals surface area (Å²) in [5, 5.41) is 14.8. The van der Waals surface area contributed by atoms with Crippen molar-refractivity contribution in [3.05, 3.63) is 41.0 Å². The summed E-state index contributed by atoms with van der Waals surface area (Å²) in [6.07, 6.45) is 0.774. The van der Waals surface area contributed by atoms with Gasteiger partial charge in [-0.25, -0.2) is 9.37 Å². The number of rotatable bonds is 5. The van der Waals surface area contributed by atoms with Crippen LogP contribution in [0.2, 0.25) is 0 Å². The Hall–Kier alpha value is -2.74. The number of halogens is 1. The molecule has 8 heteroatoms. The number of hydrogen-bond donors (Lipinski definition) is 2. The Morgan fingerprint density at radius 2 is 2.27 bits per heavy atom. The number of carbonyl (C=O) groups is 1. The van der Waals surface area contributed by atoms with Crippen molar-refractivity contribution in [1.29, 1.82) is 0 Å². The molecular formula is C18H17FN4O2S. The van der Waals surface area contributed by atoms with Crippen molar-refractivity contribution in [2.24, 2.45) is 0 Å². The molecule has 2 aromatic heterocycles. The molecule has 26 heavy (non-hydrogen) atoms. The number of carboxylic acid groups (broad SMARTS) is 1. The molecule has 0 saturated carbocycles. The van der Waals surface area contributed by atoms with Gasteiger partial charge in [0.15, 0.2) is 0 Å². The van der Waals surface area contributed by atoms with Crippen LogP contribution in [0.1, 0.15) is 18.9 Å². The Balaban J connectivity index is 1.67. The number of nitrogens with one attached hydrogen (secondary N) is 1. The van der Waals surface area contributed by atoms with Gasteiger partial charge >= 0.3 is 5.97 Å². The van der Waals surface area contributed by atoms with Crippen LogP contribution in [0, 0.1) is 5.82 Å². The zero-order chi connectivity index (χ0) is 18.3. The quantitative estimate of drug-likeness (QED) is 0.709. The molecule has 3 heterocycles. The maximum absolute atomic E-state index is 14.1. The molecule has 1 saturated heterocycles. The van der Waals surface area contributed by atoms with Crippen LogP contribution in [-0.2, 0) is 11.2 Å². The SMILES string of the molecule is C[C@H]1CCN1c1nc(Nc2ccc(CC(=O)O)c(F)c2)c2ccsc2n1. The molecule has 6 nitrogen and oxygen atoms in total. The third-order valence-electron chi connectivity index (χ3n) is 4.55. The highest BCUT2D eigenvalue weighted by Gasteiger charge is 2.27. The summed E-state index contributed by atoms with van der Waals surface area (Å²) >= 11 is 1.53. The van der Waals surface area contributed by atoms with Crippen molar-refractivity contribution in [2.75, 3.05) is 16.8 Å². The molecule has 0 bridgehead atoms. The van der Waals surface area contributed by atoms with Crippen molar-refractivity contribution < 1.29 is 14.3 Å². The molecule has 3 aromatic rings. The molecule has 134 valence electrons. The Labute approximate surface area is 153 Å². The molecule has 1 aromatic carbocycles. The number of fused-ring (bicyclic) bond motifs is 1. The number of carboxylic acids is 1. The first-order valence-corrected chi connectivity index (χ1v) is 9.18. The zero-order valence-corrected chi connectivity index (χ0v) is 14.9. The van der Waals surface area contributed by atoms with Gasteiger partial charge in [0.2, 0.25) is 5.95 Å². The minimum Gasteiger partial charge on any atom is -0.481 e. The van der Waals surface area contributed by atoms with E-state index in [0.29, 0.717) is 23.5 Å². The smallest absolute Gasteiger partial charge is 0.307 e. The number of nitrogens with zero attached hydrogens (tertiary/aromatic N) is 3. The van der Waals surface area contributed by atoms with E-state index < -0.39 is 11.8 Å². The lowest BCUT2D eigenvalue weighted by molar-refractivity contribution is -0.136. The van der Waals surface area contributed by atoms with Crippen LogP contribution in [0.15, 0.2) is 29.6 Å². The molecule has 4 rings (SSSR count). The highest BCUT2D eigenvalue weighted by Crippen LogP contribution is 2.32. The number of aromatic nitrogens is 2. The van der Waals surface area contributed by atoms with Crippen LogP contribution in [-0.4, -0.2) is 33.6 Å². The summed E-state index contributed by atoms with van der Waals surface area (Å²) in [6, 6.07) is 6.78. The maximum Gasteiger partial charge on any atom is 0.307 e. The average Bonchev–Trinajstić information content (AvgIpc) is 3.04. The average molecular weight is 372 g/mol. The van der Waals surface area contributed by atoms with Crippen LogP contribution in [0.3, 0.4) is 0 Å². The number of benzene rings is 1. The second-order valence-electron chi connectivity index (χ2n) is 6.34. The first kappa shape index (κ1) is 16.7. The summed E-state index contributed by atoms with van der Waals surface area (Å²) in [5.74, 6) is -0.321. The van der Waals surface area contributed by atoms with Gasteiger partial charge in [0.05, 0.1) is 11.8 Å². The van der Waals surface area contributed by atoms with E-state index in [1.54, 1.807) is 6.07 Å². The topological polar surface area (TPSA) is 78.4 Å². The van der Waals surface area contributed by atoms with Gasteiger partial charge in [0.25, 0.3) is 0 Å². The number of thiophene rings is 1. The molecule has 0 unspecified atom stereocenters. The fourth-order valence-electron chi connectivity index (χ4n) is 2.95. The minimum atomic E-state index is -1.06. The summed E-state index contributed by atoms with van der Waals surface area (Å²) in [4.78, 5) is 23.1. The molecular weight excluding hydrogens is 355 g/mol. The van der Waals surface area contributed by atoms with E-state index in [9.17, 15) is 9.18 Å². The first-order chi connectivity index (χ1) is 12.5. The van der Waals surface area contributed by atoms with Crippen LogP contribution in [0.5, 0.6) is 0 Å². The molecule has 1 fully saturated rings. The summed E-state index contributed by atoms with van der Waals surface area (Å²) in [7, 11) is 0. The van der Waals surface area contributed by atoms with Crippen molar-refractivity contribution in [2.45, 2.75) is 25.8 Å². The summed E-state index contributed by atoms with van der Waals surface area (Å²) in [6.45, 7) is 3.06. The predicted molar refractivity (Wildman–Crippen MR) is 99.9 cm³/mol. The Morgan fingerprint density at radius 1 is 1.42 bits per heavy atom. The molecule has 1 atom stereocenters. The van der Waals surface area contributed by atoms with Crippen LogP contribution < -0.4 is 10.2 Å². The van der Waals surface area contributed by atoms with E-state index in [4.69, 9.17) is 5.11 Å². The lowest BCUT2D eigenvalue weighted by atomic mass is 10.1. The van der Waals surface area contributed by atoms with Crippen LogP contribution >= 0.6 is 11.3 Å². The van der Waals surface area contributed by atoms with Gasteiger partial charge in [-0.3, -0.25) is 4.79 Å². The van der Waals surface area contributed by atoms with Crippen LogP contribution in [0.4, 0.5) is 21.8 Å². The summed E-state index contributed by atoms with van der Waals surface area (Å²) in [5.41, 5.74) is 0.673. The molecule has 0 aliphatic carbocycles. The first-order valence-electron chi connectivity index (χ1n) is 8.30. The second kappa shape index (κ2) is 6.53. The van der Waals surface area contributed by atoms with Gasteiger partial charge in [0, 0.05) is 18.3 Å². The van der Waals surface area contributed by atoms with E-state index in [1.807, 2.05) is 11.4 Å². The van der Waals surface area contributed by atoms with Crippen LogP contribution in [0.25, 0.3) is 10.2 Å². The third-order valence-corrected chi connectivity index (χ3v) is 5.35. The molecule has 1 aliphatic heterocycles. The molecule has 0 amide bonds. The normalized spacial score (nSPS) is 16.5. The fourth-order valence-corrected chi connectivity index (χ4v) is 3.71. The Kier molecular flexibility index (Phi) is 4.20. The molecule has 0 radical (unpaired) electrons. The molecule has 2 N–H and O–H groups in total. The van der Waals surface area contributed by atoms with E-state index in [0.717, 1.165) is 23.2 Å². The van der Waals surface area contributed by atoms with E-state index in [-0.39, 0.29) is 12.0 Å². The zero-order valence-electron chi connectivity index (χ0n) is 14.1. The van der Waals surface area contributed by atoms with Crippen molar-refractivity contribution in [3.63, 3.8) is 0 Å². The molecule has 0 spiro atoms. The number of hydrogen-bond acceptors (Lipinski definition) is 6. The lowest BCUT2D eigenvalue weighted by Gasteiger charge is -2.38. The van der Waals surface area contributed by atoms with E-state index in [1.165, 1.54) is 23.5 Å². The summed E-state index contributed by atoms with van der Waals surface area (Å²) < 4.78 is 14.1. The number of anilines is 3. The molecule has 1 aliphatic rings. The predicted octanol–water partition coefficient (Wildman–Crippen LogP) is 3.80. The van der Waals surface area contributed by atoms with Crippen molar-refractivity contribution >= 4 is 45.0 Å². The third kappa shape index (κ3) is 3.08. The highest BCUT2D eigenvalue weighted by molar-refractivity contribution is 7.16. The van der Waals surface area contributed by atoms with Gasteiger partial charge in [0.1, 0.15) is 16.5 Å². The second-order valence-corrected chi connectivity index (χ2v) is 7.24. The largest absolute Gasteiger partial charge is 0.481 e. The van der Waals surface area contributed by atoms with Crippen molar-refractivity contribution in [3.8, 4) is 0 Å². The number of aliphatic carboxylic acids is 1. The van der Waals surface area contributed by atoms with Gasteiger partial charge in [-0.1, -0.05) is 6.07 Å².